The van der Waals surface area contributed by atoms with E-state index in [9.17, 15) is 4.79 Å². The molecule has 3 aromatic carbocycles. The first-order valence-electron chi connectivity index (χ1n) is 9.10. The van der Waals surface area contributed by atoms with Crippen molar-refractivity contribution in [1.82, 2.24) is 4.90 Å². The molecule has 0 aliphatic heterocycles. The smallest absolute Gasteiger partial charge is 0.321 e. The molecule has 0 fully saturated rings. The highest BCUT2D eigenvalue weighted by Gasteiger charge is 2.14. The molecular weight excluding hydrogens is 356 g/mol. The summed E-state index contributed by atoms with van der Waals surface area (Å²) in [6.45, 7) is 1.33. The van der Waals surface area contributed by atoms with E-state index in [0.29, 0.717) is 18.1 Å². The summed E-state index contributed by atoms with van der Waals surface area (Å²) in [5.74, 6) is 0. The maximum Gasteiger partial charge on any atom is 0.321 e. The van der Waals surface area contributed by atoms with Crippen LogP contribution in [0.15, 0.2) is 84.9 Å². The fraction of sp³-hybridized carbons (Fsp3) is 0.174. The van der Waals surface area contributed by atoms with E-state index in [0.717, 1.165) is 18.5 Å². The molecule has 0 aromatic heterocycles. The number of rotatable bonds is 7. The van der Waals surface area contributed by atoms with Crippen LogP contribution in [0.1, 0.15) is 11.1 Å². The largest absolute Gasteiger partial charge is 0.324 e. The maximum absolute atomic E-state index is 12.8. The molecular formula is C23H23ClN2O. The number of nitrogens with zero attached hydrogens (tertiary/aromatic N) is 1. The van der Waals surface area contributed by atoms with Crippen LogP contribution in [0, 0.1) is 0 Å². The summed E-state index contributed by atoms with van der Waals surface area (Å²) in [4.78, 5) is 14.7. The van der Waals surface area contributed by atoms with Crippen LogP contribution in [-0.2, 0) is 12.8 Å². The van der Waals surface area contributed by atoms with Crippen molar-refractivity contribution < 1.29 is 4.79 Å². The highest BCUT2D eigenvalue weighted by molar-refractivity contribution is 6.30. The van der Waals surface area contributed by atoms with Crippen molar-refractivity contribution in [1.29, 1.82) is 0 Å². The zero-order valence-electron chi connectivity index (χ0n) is 15.1. The summed E-state index contributed by atoms with van der Waals surface area (Å²) < 4.78 is 0. The van der Waals surface area contributed by atoms with Crippen molar-refractivity contribution in [3.05, 3.63) is 101 Å². The van der Waals surface area contributed by atoms with E-state index in [4.69, 9.17) is 11.6 Å². The van der Waals surface area contributed by atoms with Gasteiger partial charge in [0.1, 0.15) is 0 Å². The van der Waals surface area contributed by atoms with Gasteiger partial charge in [-0.15, -0.1) is 0 Å². The molecule has 0 saturated carbocycles. The number of halogens is 1. The summed E-state index contributed by atoms with van der Waals surface area (Å²) in [6, 6.07) is 27.5. The average Bonchev–Trinajstić information content (AvgIpc) is 2.71. The number of anilines is 1. The second-order valence-corrected chi connectivity index (χ2v) is 6.83. The molecule has 0 radical (unpaired) electrons. The topological polar surface area (TPSA) is 32.3 Å². The minimum atomic E-state index is -0.0933. The second-order valence-electron chi connectivity index (χ2n) is 6.40. The van der Waals surface area contributed by atoms with E-state index in [2.05, 4.69) is 29.6 Å². The minimum absolute atomic E-state index is 0.0933. The quantitative estimate of drug-likeness (QED) is 0.565. The molecule has 3 rings (SSSR count). The SMILES string of the molecule is O=C(Nc1ccc(Cl)cc1)N(CCc1ccccc1)CCc1ccccc1. The zero-order chi connectivity index (χ0) is 18.9. The first-order valence-corrected chi connectivity index (χ1v) is 9.48. The van der Waals surface area contributed by atoms with Gasteiger partial charge in [-0.3, -0.25) is 0 Å². The Morgan fingerprint density at radius 1 is 0.741 bits per heavy atom. The number of hydrogen-bond donors (Lipinski definition) is 1. The summed E-state index contributed by atoms with van der Waals surface area (Å²) in [5, 5.41) is 3.62. The van der Waals surface area contributed by atoms with Crippen molar-refractivity contribution in [3.8, 4) is 0 Å². The van der Waals surface area contributed by atoms with Crippen molar-refractivity contribution in [2.45, 2.75) is 12.8 Å². The van der Waals surface area contributed by atoms with Crippen molar-refractivity contribution in [2.75, 3.05) is 18.4 Å². The van der Waals surface area contributed by atoms with Gasteiger partial charge >= 0.3 is 6.03 Å². The molecule has 0 unspecified atom stereocenters. The van der Waals surface area contributed by atoms with Crippen LogP contribution in [0.4, 0.5) is 10.5 Å². The molecule has 0 atom stereocenters. The molecule has 0 aliphatic carbocycles. The maximum atomic E-state index is 12.8. The standard InChI is InChI=1S/C23H23ClN2O/c24-21-11-13-22(14-12-21)25-23(27)26(17-15-19-7-3-1-4-8-19)18-16-20-9-5-2-6-10-20/h1-14H,15-18H2,(H,25,27). The van der Waals surface area contributed by atoms with E-state index >= 15 is 0 Å². The first-order chi connectivity index (χ1) is 13.2. The van der Waals surface area contributed by atoms with Gasteiger partial charge in [-0.1, -0.05) is 72.3 Å². The minimum Gasteiger partial charge on any atom is -0.324 e. The Kier molecular flexibility index (Phi) is 6.89. The van der Waals surface area contributed by atoms with Gasteiger partial charge in [0.15, 0.2) is 0 Å². The van der Waals surface area contributed by atoms with Crippen LogP contribution in [-0.4, -0.2) is 24.0 Å². The van der Waals surface area contributed by atoms with Gasteiger partial charge in [0.2, 0.25) is 0 Å². The molecule has 138 valence electrons. The third kappa shape index (κ3) is 6.15. The first kappa shape index (κ1) is 19.0. The van der Waals surface area contributed by atoms with Gasteiger partial charge in [-0.2, -0.15) is 0 Å². The number of amides is 2. The van der Waals surface area contributed by atoms with Crippen LogP contribution < -0.4 is 5.32 Å². The van der Waals surface area contributed by atoms with E-state index in [1.807, 2.05) is 53.4 Å². The lowest BCUT2D eigenvalue weighted by molar-refractivity contribution is 0.213. The summed E-state index contributed by atoms with van der Waals surface area (Å²) >= 11 is 5.92. The Balaban J connectivity index is 1.65. The van der Waals surface area contributed by atoms with Gasteiger partial charge in [0.25, 0.3) is 0 Å². The fourth-order valence-corrected chi connectivity index (χ4v) is 2.99. The third-order valence-electron chi connectivity index (χ3n) is 4.41. The molecule has 1 N–H and O–H groups in total. The number of urea groups is 1. The van der Waals surface area contributed by atoms with Gasteiger partial charge in [-0.25, -0.2) is 4.79 Å². The Labute approximate surface area is 165 Å². The summed E-state index contributed by atoms with van der Waals surface area (Å²) in [6.07, 6.45) is 1.65. The van der Waals surface area contributed by atoms with E-state index in [-0.39, 0.29) is 6.03 Å². The Morgan fingerprint density at radius 3 is 1.70 bits per heavy atom. The normalized spacial score (nSPS) is 10.4. The van der Waals surface area contributed by atoms with Gasteiger partial charge in [0.05, 0.1) is 0 Å². The monoisotopic (exact) mass is 378 g/mol. The van der Waals surface area contributed by atoms with Crippen molar-refractivity contribution in [2.24, 2.45) is 0 Å². The van der Waals surface area contributed by atoms with Gasteiger partial charge in [0, 0.05) is 23.8 Å². The lowest BCUT2D eigenvalue weighted by Gasteiger charge is -2.23. The molecule has 3 nitrogen and oxygen atoms in total. The average molecular weight is 379 g/mol. The van der Waals surface area contributed by atoms with Crippen molar-refractivity contribution >= 4 is 23.3 Å². The van der Waals surface area contributed by atoms with Crippen LogP contribution in [0.3, 0.4) is 0 Å². The third-order valence-corrected chi connectivity index (χ3v) is 4.66. The molecule has 3 aromatic rings. The Hall–Kier alpha value is -2.78. The Bertz CT molecular complexity index is 792. The highest BCUT2D eigenvalue weighted by atomic mass is 35.5. The van der Waals surface area contributed by atoms with E-state index in [1.165, 1.54) is 11.1 Å². The lowest BCUT2D eigenvalue weighted by atomic mass is 10.1. The Morgan fingerprint density at radius 2 is 1.22 bits per heavy atom. The number of benzene rings is 3. The second kappa shape index (κ2) is 9.79. The fourth-order valence-electron chi connectivity index (χ4n) is 2.87. The van der Waals surface area contributed by atoms with Crippen molar-refractivity contribution in [3.63, 3.8) is 0 Å². The molecule has 0 saturated heterocycles. The number of nitrogens with one attached hydrogen (secondary N) is 1. The van der Waals surface area contributed by atoms with Crippen LogP contribution in [0.5, 0.6) is 0 Å². The number of hydrogen-bond acceptors (Lipinski definition) is 1. The predicted octanol–water partition coefficient (Wildman–Crippen LogP) is 5.66. The van der Waals surface area contributed by atoms with E-state index < -0.39 is 0 Å². The number of carbonyl (C=O) groups excluding carboxylic acids is 1. The molecule has 0 aliphatic rings. The summed E-state index contributed by atoms with van der Waals surface area (Å²) in [5.41, 5.74) is 3.19. The van der Waals surface area contributed by atoms with Crippen LogP contribution in [0.25, 0.3) is 0 Å². The molecule has 0 spiro atoms. The molecule has 4 heteroatoms. The van der Waals surface area contributed by atoms with Gasteiger partial charge in [-0.05, 0) is 48.2 Å². The van der Waals surface area contributed by atoms with E-state index in [1.54, 1.807) is 12.1 Å². The predicted molar refractivity (Wildman–Crippen MR) is 112 cm³/mol. The number of carbonyl (C=O) groups is 1. The lowest BCUT2D eigenvalue weighted by Crippen LogP contribution is -2.38. The van der Waals surface area contributed by atoms with Gasteiger partial charge < -0.3 is 10.2 Å². The molecule has 2 amide bonds. The zero-order valence-corrected chi connectivity index (χ0v) is 15.9. The molecule has 0 bridgehead atoms. The molecule has 27 heavy (non-hydrogen) atoms. The highest BCUT2D eigenvalue weighted by Crippen LogP contribution is 2.14. The van der Waals surface area contributed by atoms with Crippen LogP contribution in [0.2, 0.25) is 5.02 Å². The van der Waals surface area contributed by atoms with Crippen LogP contribution >= 0.6 is 11.6 Å². The summed E-state index contributed by atoms with van der Waals surface area (Å²) in [7, 11) is 0. The molecule has 0 heterocycles.